The number of hydrogen-bond donors (Lipinski definition) is 1. The zero-order valence-corrected chi connectivity index (χ0v) is 18.8. The van der Waals surface area contributed by atoms with Crippen LogP contribution >= 0.6 is 0 Å². The third kappa shape index (κ3) is 3.28. The fourth-order valence-corrected chi connectivity index (χ4v) is 5.44. The first-order valence-electron chi connectivity index (χ1n) is 10.2. The van der Waals surface area contributed by atoms with Crippen molar-refractivity contribution in [3.05, 3.63) is 30.4 Å². The molecule has 7 nitrogen and oxygen atoms in total. The summed E-state index contributed by atoms with van der Waals surface area (Å²) >= 11 is 0. The number of benzene rings is 1. The Labute approximate surface area is 178 Å². The molecule has 6 atom stereocenters. The monoisotopic (exact) mass is 422 g/mol. The number of hydrogen-bond acceptors (Lipinski definition) is 7. The van der Waals surface area contributed by atoms with Gasteiger partial charge in [-0.15, -0.1) is 6.58 Å². The quantitative estimate of drug-likeness (QED) is 0.643. The summed E-state index contributed by atoms with van der Waals surface area (Å²) in [6.45, 7) is 6.14. The molecule has 1 aromatic carbocycles. The highest BCUT2D eigenvalue weighted by molar-refractivity contribution is 5.54. The van der Waals surface area contributed by atoms with E-state index >= 15 is 0 Å². The molecule has 0 unspecified atom stereocenters. The van der Waals surface area contributed by atoms with E-state index in [1.165, 1.54) is 0 Å². The van der Waals surface area contributed by atoms with Gasteiger partial charge in [0.1, 0.15) is 0 Å². The fraction of sp³-hybridized carbons (Fsp3) is 0.652. The number of rotatable bonds is 8. The Morgan fingerprint density at radius 2 is 1.73 bits per heavy atom. The van der Waals surface area contributed by atoms with Gasteiger partial charge in [-0.1, -0.05) is 13.0 Å². The molecule has 1 aliphatic heterocycles. The number of aliphatic hydroxyl groups excluding tert-OH is 1. The first-order chi connectivity index (χ1) is 14.4. The zero-order chi connectivity index (χ0) is 22.1. The first kappa shape index (κ1) is 22.9. The summed E-state index contributed by atoms with van der Waals surface area (Å²) in [6.07, 6.45) is 2.22. The second-order valence-corrected chi connectivity index (χ2v) is 8.14. The van der Waals surface area contributed by atoms with Crippen molar-refractivity contribution >= 4 is 0 Å². The Morgan fingerprint density at radius 3 is 2.20 bits per heavy atom. The molecule has 1 saturated heterocycles. The summed E-state index contributed by atoms with van der Waals surface area (Å²) in [7, 11) is 8.04. The normalized spacial score (nSPS) is 35.6. The molecule has 168 valence electrons. The van der Waals surface area contributed by atoms with Crippen LogP contribution in [0.15, 0.2) is 24.8 Å². The topological polar surface area (TPSA) is 75.6 Å². The van der Waals surface area contributed by atoms with Crippen molar-refractivity contribution in [3.8, 4) is 17.2 Å². The molecule has 0 spiro atoms. The summed E-state index contributed by atoms with van der Waals surface area (Å²) in [5, 5.41) is 10.7. The van der Waals surface area contributed by atoms with Crippen LogP contribution in [-0.2, 0) is 14.2 Å². The van der Waals surface area contributed by atoms with Gasteiger partial charge in [0.2, 0.25) is 5.75 Å². The average molecular weight is 423 g/mol. The van der Waals surface area contributed by atoms with Gasteiger partial charge in [-0.05, 0) is 36.5 Å². The van der Waals surface area contributed by atoms with Crippen LogP contribution in [0, 0.1) is 11.3 Å². The molecule has 3 rings (SSSR count). The van der Waals surface area contributed by atoms with E-state index < -0.39 is 17.3 Å². The van der Waals surface area contributed by atoms with Crippen LogP contribution < -0.4 is 14.2 Å². The maximum atomic E-state index is 10.7. The molecule has 0 bridgehead atoms. The Kier molecular flexibility index (Phi) is 6.67. The summed E-state index contributed by atoms with van der Waals surface area (Å²) in [6, 6.07) is 3.82. The third-order valence-corrected chi connectivity index (χ3v) is 7.03. The first-order valence-corrected chi connectivity index (χ1v) is 10.2. The van der Waals surface area contributed by atoms with Crippen molar-refractivity contribution in [2.45, 2.75) is 50.3 Å². The molecule has 0 radical (unpaired) electrons. The number of ether oxygens (including phenoxy) is 6. The Balaban J connectivity index is 2.12. The molecule has 0 amide bonds. The van der Waals surface area contributed by atoms with Crippen LogP contribution in [0.5, 0.6) is 17.2 Å². The van der Waals surface area contributed by atoms with Crippen LogP contribution in [0.4, 0.5) is 0 Å². The molecule has 1 aromatic rings. The van der Waals surface area contributed by atoms with Gasteiger partial charge in [0.05, 0.1) is 39.6 Å². The maximum Gasteiger partial charge on any atom is 0.203 e. The number of fused-ring (bicyclic) bond motifs is 1. The minimum atomic E-state index is -0.958. The molecule has 1 heterocycles. The van der Waals surface area contributed by atoms with Crippen LogP contribution in [-0.4, -0.2) is 58.7 Å². The SMILES string of the molecule is C=CC[C@]12C[C@@H](OC)[C@@H](O)C[C@]1(OC)O[C@@H](c1cc(OC)c(OC)c(OC)c1)[C@H]2C. The summed E-state index contributed by atoms with van der Waals surface area (Å²) < 4.78 is 34.8. The van der Waals surface area contributed by atoms with E-state index in [0.29, 0.717) is 36.5 Å². The van der Waals surface area contributed by atoms with E-state index in [0.717, 1.165) is 5.56 Å². The standard InChI is InChI=1S/C23H34O7/c1-8-9-22-13-19(27-5)16(24)12-23(22,29-7)30-20(14(22)2)15-10-17(25-3)21(28-6)18(11-15)26-4/h8,10-11,14,16,19-20,24H,1,9,12-13H2,2-7H3/t14-,16+,19-,20-,22-,23+/m1/s1. The van der Waals surface area contributed by atoms with Gasteiger partial charge in [0.25, 0.3) is 0 Å². The lowest BCUT2D eigenvalue weighted by atomic mass is 9.59. The predicted octanol–water partition coefficient (Wildman–Crippen LogP) is 3.49. The van der Waals surface area contributed by atoms with E-state index in [-0.39, 0.29) is 18.1 Å². The Hall–Kier alpha value is -1.80. The van der Waals surface area contributed by atoms with Gasteiger partial charge >= 0.3 is 0 Å². The number of methoxy groups -OCH3 is 5. The molecule has 1 N–H and O–H groups in total. The van der Waals surface area contributed by atoms with E-state index in [1.807, 2.05) is 18.2 Å². The van der Waals surface area contributed by atoms with Crippen molar-refractivity contribution < 1.29 is 33.5 Å². The zero-order valence-electron chi connectivity index (χ0n) is 18.8. The number of allylic oxidation sites excluding steroid dienone is 1. The molecule has 0 aromatic heterocycles. The second kappa shape index (κ2) is 8.75. The fourth-order valence-electron chi connectivity index (χ4n) is 5.44. The van der Waals surface area contributed by atoms with Crippen LogP contribution in [0.2, 0.25) is 0 Å². The van der Waals surface area contributed by atoms with Crippen molar-refractivity contribution in [1.29, 1.82) is 0 Å². The maximum absolute atomic E-state index is 10.7. The predicted molar refractivity (Wildman–Crippen MR) is 112 cm³/mol. The van der Waals surface area contributed by atoms with Gasteiger partial charge in [-0.25, -0.2) is 0 Å². The van der Waals surface area contributed by atoms with E-state index in [4.69, 9.17) is 28.4 Å². The smallest absolute Gasteiger partial charge is 0.203 e. The minimum Gasteiger partial charge on any atom is -0.493 e. The lowest BCUT2D eigenvalue weighted by Gasteiger charge is -2.51. The highest BCUT2D eigenvalue weighted by Gasteiger charge is 2.68. The van der Waals surface area contributed by atoms with E-state index in [9.17, 15) is 5.11 Å². The van der Waals surface area contributed by atoms with Crippen molar-refractivity contribution in [2.24, 2.45) is 11.3 Å². The molecule has 7 heteroatoms. The van der Waals surface area contributed by atoms with Gasteiger partial charge in [0.15, 0.2) is 17.3 Å². The van der Waals surface area contributed by atoms with Gasteiger partial charge in [0, 0.05) is 26.1 Å². The highest BCUT2D eigenvalue weighted by atomic mass is 16.7. The highest BCUT2D eigenvalue weighted by Crippen LogP contribution is 2.65. The third-order valence-electron chi connectivity index (χ3n) is 7.03. The van der Waals surface area contributed by atoms with Gasteiger partial charge < -0.3 is 33.5 Å². The van der Waals surface area contributed by atoms with Crippen LogP contribution in [0.1, 0.15) is 37.9 Å². The molecule has 30 heavy (non-hydrogen) atoms. The minimum absolute atomic E-state index is 0.0448. The van der Waals surface area contributed by atoms with Gasteiger partial charge in [-0.3, -0.25) is 0 Å². The van der Waals surface area contributed by atoms with Crippen LogP contribution in [0.25, 0.3) is 0 Å². The Morgan fingerprint density at radius 1 is 1.10 bits per heavy atom. The van der Waals surface area contributed by atoms with Crippen LogP contribution in [0.3, 0.4) is 0 Å². The Bertz CT molecular complexity index is 741. The lowest BCUT2D eigenvalue weighted by Crippen LogP contribution is -2.59. The van der Waals surface area contributed by atoms with E-state index in [1.54, 1.807) is 35.5 Å². The summed E-state index contributed by atoms with van der Waals surface area (Å²) in [4.78, 5) is 0. The summed E-state index contributed by atoms with van der Waals surface area (Å²) in [5.41, 5.74) is 0.490. The molecule has 2 fully saturated rings. The molecule has 1 saturated carbocycles. The molecular formula is C23H34O7. The number of aliphatic hydroxyl groups is 1. The molecule has 1 aliphatic carbocycles. The second-order valence-electron chi connectivity index (χ2n) is 8.14. The van der Waals surface area contributed by atoms with E-state index in [2.05, 4.69) is 13.5 Å². The lowest BCUT2D eigenvalue weighted by molar-refractivity contribution is -0.300. The van der Waals surface area contributed by atoms with Crippen molar-refractivity contribution in [3.63, 3.8) is 0 Å². The van der Waals surface area contributed by atoms with Crippen molar-refractivity contribution in [1.82, 2.24) is 0 Å². The molecule has 2 aliphatic rings. The largest absolute Gasteiger partial charge is 0.493 e. The average Bonchev–Trinajstić information content (AvgIpc) is 3.00. The van der Waals surface area contributed by atoms with Gasteiger partial charge in [-0.2, -0.15) is 0 Å². The summed E-state index contributed by atoms with van der Waals surface area (Å²) in [5.74, 6) is 0.751. The van der Waals surface area contributed by atoms with Crippen molar-refractivity contribution in [2.75, 3.05) is 35.5 Å². The molecular weight excluding hydrogens is 388 g/mol.